The Morgan fingerprint density at radius 3 is 2.26 bits per heavy atom. The Kier molecular flexibility index (Phi) is 3.59. The first-order chi connectivity index (χ1) is 11.3. The van der Waals surface area contributed by atoms with Crippen LogP contribution in [0.2, 0.25) is 0 Å². The zero-order chi connectivity index (χ0) is 15.6. The van der Waals surface area contributed by atoms with Crippen LogP contribution >= 0.6 is 0 Å². The first kappa shape index (κ1) is 14.0. The molecule has 0 radical (unpaired) electrons. The molecule has 0 amide bonds. The van der Waals surface area contributed by atoms with Crippen LogP contribution in [0.25, 0.3) is 17.2 Å². The molecule has 0 atom stereocenters. The van der Waals surface area contributed by atoms with Crippen molar-refractivity contribution in [3.63, 3.8) is 0 Å². The Morgan fingerprint density at radius 1 is 0.739 bits per heavy atom. The van der Waals surface area contributed by atoms with E-state index in [1.165, 1.54) is 39.0 Å². The van der Waals surface area contributed by atoms with Gasteiger partial charge in [-0.15, -0.1) is 0 Å². The summed E-state index contributed by atoms with van der Waals surface area (Å²) in [7, 11) is 0. The maximum atomic E-state index is 2.34. The van der Waals surface area contributed by atoms with Gasteiger partial charge in [0.2, 0.25) is 0 Å². The van der Waals surface area contributed by atoms with Gasteiger partial charge in [0.05, 0.1) is 0 Å². The summed E-state index contributed by atoms with van der Waals surface area (Å²) in [6.07, 6.45) is 4.42. The summed E-state index contributed by atoms with van der Waals surface area (Å²) in [5, 5.41) is 0. The molecule has 112 valence electrons. The standard InChI is InChI=1S/C23H20/c1-17-14-21-8-5-9-22(23(21)15-17)20-12-10-19(11-13-20)16-18-6-3-2-4-7-18/h2-13,15H,14,16H2,1H3. The minimum atomic E-state index is 0.993. The molecule has 4 rings (SSSR count). The fraction of sp³-hybridized carbons (Fsp3) is 0.130. The Morgan fingerprint density at radius 2 is 1.48 bits per heavy atom. The van der Waals surface area contributed by atoms with E-state index in [-0.39, 0.29) is 0 Å². The van der Waals surface area contributed by atoms with Gasteiger partial charge in [0.25, 0.3) is 0 Å². The van der Waals surface area contributed by atoms with Gasteiger partial charge in [-0.25, -0.2) is 0 Å². The van der Waals surface area contributed by atoms with Crippen LogP contribution in [0.1, 0.15) is 29.2 Å². The van der Waals surface area contributed by atoms with Crippen LogP contribution in [0.3, 0.4) is 0 Å². The Hall–Kier alpha value is -2.60. The van der Waals surface area contributed by atoms with Gasteiger partial charge in [0.1, 0.15) is 0 Å². The number of hydrogen-bond donors (Lipinski definition) is 0. The van der Waals surface area contributed by atoms with Crippen LogP contribution in [0, 0.1) is 0 Å². The minimum Gasteiger partial charge on any atom is -0.0683 e. The van der Waals surface area contributed by atoms with Gasteiger partial charge in [-0.05, 0) is 53.1 Å². The maximum absolute atomic E-state index is 2.34. The lowest BCUT2D eigenvalue weighted by Crippen LogP contribution is -1.90. The van der Waals surface area contributed by atoms with Crippen molar-refractivity contribution in [1.29, 1.82) is 0 Å². The van der Waals surface area contributed by atoms with Gasteiger partial charge >= 0.3 is 0 Å². The summed E-state index contributed by atoms with van der Waals surface area (Å²) >= 11 is 0. The van der Waals surface area contributed by atoms with E-state index in [2.05, 4.69) is 85.8 Å². The topological polar surface area (TPSA) is 0 Å². The highest BCUT2D eigenvalue weighted by Gasteiger charge is 2.14. The average Bonchev–Trinajstić information content (AvgIpc) is 2.97. The molecule has 0 saturated carbocycles. The second kappa shape index (κ2) is 5.89. The monoisotopic (exact) mass is 296 g/mol. The van der Waals surface area contributed by atoms with Crippen LogP contribution in [0.15, 0.2) is 78.4 Å². The van der Waals surface area contributed by atoms with Crippen LogP contribution in [-0.2, 0) is 12.8 Å². The highest BCUT2D eigenvalue weighted by Crippen LogP contribution is 2.33. The lowest BCUT2D eigenvalue weighted by molar-refractivity contribution is 1.19. The molecule has 0 N–H and O–H groups in total. The molecule has 3 aromatic rings. The van der Waals surface area contributed by atoms with Crippen molar-refractivity contribution in [2.45, 2.75) is 19.8 Å². The molecule has 0 aromatic heterocycles. The van der Waals surface area contributed by atoms with Gasteiger partial charge < -0.3 is 0 Å². The fourth-order valence-corrected chi connectivity index (χ4v) is 3.42. The van der Waals surface area contributed by atoms with Crippen LogP contribution in [-0.4, -0.2) is 0 Å². The third-order valence-electron chi connectivity index (χ3n) is 4.57. The third kappa shape index (κ3) is 2.85. The highest BCUT2D eigenvalue weighted by molar-refractivity contribution is 5.80. The summed E-state index contributed by atoms with van der Waals surface area (Å²) in [5.41, 5.74) is 9.69. The van der Waals surface area contributed by atoms with Gasteiger partial charge in [-0.3, -0.25) is 0 Å². The van der Waals surface area contributed by atoms with E-state index in [4.69, 9.17) is 0 Å². The van der Waals surface area contributed by atoms with Crippen molar-refractivity contribution in [2.24, 2.45) is 0 Å². The summed E-state index contributed by atoms with van der Waals surface area (Å²) in [6, 6.07) is 26.3. The predicted molar refractivity (Wildman–Crippen MR) is 98.5 cm³/mol. The second-order valence-electron chi connectivity index (χ2n) is 6.41. The molecule has 3 aromatic carbocycles. The zero-order valence-corrected chi connectivity index (χ0v) is 13.4. The average molecular weight is 296 g/mol. The number of fused-ring (bicyclic) bond motifs is 1. The molecule has 0 saturated heterocycles. The quantitative estimate of drug-likeness (QED) is 0.564. The van der Waals surface area contributed by atoms with Crippen molar-refractivity contribution in [3.8, 4) is 11.1 Å². The van der Waals surface area contributed by atoms with E-state index in [1.54, 1.807) is 0 Å². The van der Waals surface area contributed by atoms with E-state index in [1.807, 2.05) is 0 Å². The third-order valence-corrected chi connectivity index (χ3v) is 4.57. The second-order valence-corrected chi connectivity index (χ2v) is 6.41. The van der Waals surface area contributed by atoms with Gasteiger partial charge in [-0.2, -0.15) is 0 Å². The van der Waals surface area contributed by atoms with Crippen LogP contribution in [0.5, 0.6) is 0 Å². The summed E-state index contributed by atoms with van der Waals surface area (Å²) in [5.74, 6) is 0. The largest absolute Gasteiger partial charge is 0.0683 e. The fourth-order valence-electron chi connectivity index (χ4n) is 3.42. The summed E-state index contributed by atoms with van der Waals surface area (Å²) in [4.78, 5) is 0. The first-order valence-corrected chi connectivity index (χ1v) is 8.22. The smallest absolute Gasteiger partial charge is 0.00258 e. The lowest BCUT2D eigenvalue weighted by atomic mass is 9.95. The molecular formula is C23H20. The molecule has 0 heteroatoms. The summed E-state index contributed by atoms with van der Waals surface area (Å²) in [6.45, 7) is 2.22. The maximum Gasteiger partial charge on any atom is -0.00258 e. The number of benzene rings is 3. The number of rotatable bonds is 3. The normalized spacial score (nSPS) is 12.8. The van der Waals surface area contributed by atoms with E-state index < -0.39 is 0 Å². The number of allylic oxidation sites excluding steroid dienone is 1. The predicted octanol–water partition coefficient (Wildman–Crippen LogP) is 5.90. The summed E-state index contributed by atoms with van der Waals surface area (Å²) < 4.78 is 0. The van der Waals surface area contributed by atoms with Gasteiger partial charge in [0.15, 0.2) is 0 Å². The van der Waals surface area contributed by atoms with Crippen molar-refractivity contribution in [1.82, 2.24) is 0 Å². The molecule has 0 unspecified atom stereocenters. The van der Waals surface area contributed by atoms with Crippen molar-refractivity contribution in [2.75, 3.05) is 0 Å². The van der Waals surface area contributed by atoms with E-state index >= 15 is 0 Å². The molecule has 0 heterocycles. The lowest BCUT2D eigenvalue weighted by Gasteiger charge is -2.09. The molecule has 0 bridgehead atoms. The first-order valence-electron chi connectivity index (χ1n) is 8.22. The molecule has 0 nitrogen and oxygen atoms in total. The Balaban J connectivity index is 1.64. The van der Waals surface area contributed by atoms with Gasteiger partial charge in [-0.1, -0.05) is 84.4 Å². The highest BCUT2D eigenvalue weighted by atomic mass is 14.2. The van der Waals surface area contributed by atoms with Gasteiger partial charge in [0, 0.05) is 0 Å². The molecule has 0 spiro atoms. The minimum absolute atomic E-state index is 0.993. The Bertz CT molecular complexity index is 852. The molecule has 23 heavy (non-hydrogen) atoms. The molecule has 1 aliphatic carbocycles. The molecule has 1 aliphatic rings. The van der Waals surface area contributed by atoms with E-state index in [9.17, 15) is 0 Å². The SMILES string of the molecule is CC1=Cc2c(cccc2-c2ccc(Cc3ccccc3)cc2)C1. The van der Waals surface area contributed by atoms with Crippen molar-refractivity contribution in [3.05, 3.63) is 101 Å². The molecule has 0 aliphatic heterocycles. The number of hydrogen-bond acceptors (Lipinski definition) is 0. The molecular weight excluding hydrogens is 276 g/mol. The zero-order valence-electron chi connectivity index (χ0n) is 13.4. The van der Waals surface area contributed by atoms with Crippen molar-refractivity contribution >= 4 is 6.08 Å². The van der Waals surface area contributed by atoms with Crippen molar-refractivity contribution < 1.29 is 0 Å². The van der Waals surface area contributed by atoms with E-state index in [0.717, 1.165) is 12.8 Å². The Labute approximate surface area is 138 Å². The van der Waals surface area contributed by atoms with Crippen LogP contribution < -0.4 is 0 Å². The molecule has 0 fully saturated rings. The van der Waals surface area contributed by atoms with E-state index in [0.29, 0.717) is 0 Å². The van der Waals surface area contributed by atoms with Crippen LogP contribution in [0.4, 0.5) is 0 Å².